The molecule has 1 aliphatic carbocycles. The fourth-order valence-corrected chi connectivity index (χ4v) is 2.70. The molecule has 0 aliphatic heterocycles. The molecular weight excluding hydrogens is 196 g/mol. The Labute approximate surface area is 98.5 Å². The second kappa shape index (κ2) is 6.00. The number of nitrogens with one attached hydrogen (secondary N) is 1. The van der Waals surface area contributed by atoms with Gasteiger partial charge in [0.1, 0.15) is 0 Å². The van der Waals surface area contributed by atoms with E-state index in [4.69, 9.17) is 0 Å². The predicted molar refractivity (Wildman–Crippen MR) is 67.4 cm³/mol. The molecule has 0 bridgehead atoms. The molecule has 0 aromatic carbocycles. The summed E-state index contributed by atoms with van der Waals surface area (Å²) in [5.41, 5.74) is 1.39. The van der Waals surface area contributed by atoms with E-state index in [0.29, 0.717) is 0 Å². The first-order valence-electron chi connectivity index (χ1n) is 6.52. The highest BCUT2D eigenvalue weighted by Gasteiger charge is 2.26. The zero-order valence-corrected chi connectivity index (χ0v) is 10.2. The van der Waals surface area contributed by atoms with Gasteiger partial charge in [0.15, 0.2) is 0 Å². The molecule has 2 unspecified atom stereocenters. The lowest BCUT2D eigenvalue weighted by Crippen LogP contribution is -2.33. The van der Waals surface area contributed by atoms with Crippen molar-refractivity contribution >= 4 is 0 Å². The highest BCUT2D eigenvalue weighted by Crippen LogP contribution is 2.28. The number of hydrogen-bond donors (Lipinski definition) is 1. The van der Waals surface area contributed by atoms with Crippen molar-refractivity contribution in [3.63, 3.8) is 0 Å². The third-order valence-electron chi connectivity index (χ3n) is 3.54. The van der Waals surface area contributed by atoms with Crippen molar-refractivity contribution in [3.8, 4) is 0 Å². The molecule has 2 heteroatoms. The molecule has 0 saturated heterocycles. The molecule has 1 saturated carbocycles. The summed E-state index contributed by atoms with van der Waals surface area (Å²) in [4.78, 5) is 4.19. The van der Waals surface area contributed by atoms with Crippen molar-refractivity contribution in [1.82, 2.24) is 10.3 Å². The quantitative estimate of drug-likeness (QED) is 0.822. The summed E-state index contributed by atoms with van der Waals surface area (Å²) < 4.78 is 0. The second-order valence-corrected chi connectivity index (χ2v) is 4.82. The van der Waals surface area contributed by atoms with E-state index in [1.807, 2.05) is 18.5 Å². The summed E-state index contributed by atoms with van der Waals surface area (Å²) in [6.07, 6.45) is 10.4. The lowest BCUT2D eigenvalue weighted by molar-refractivity contribution is 0.398. The number of pyridine rings is 1. The van der Waals surface area contributed by atoms with Crippen molar-refractivity contribution in [1.29, 1.82) is 0 Å². The number of rotatable bonds is 5. The Hall–Kier alpha value is -0.890. The van der Waals surface area contributed by atoms with E-state index in [1.165, 1.54) is 37.7 Å². The van der Waals surface area contributed by atoms with E-state index in [9.17, 15) is 0 Å². The first-order valence-corrected chi connectivity index (χ1v) is 6.52. The monoisotopic (exact) mass is 218 g/mol. The van der Waals surface area contributed by atoms with Crippen LogP contribution in [0.2, 0.25) is 0 Å². The molecule has 1 heterocycles. The molecule has 1 fully saturated rings. The number of nitrogens with zero attached hydrogens (tertiary/aromatic N) is 1. The van der Waals surface area contributed by atoms with Crippen LogP contribution in [0, 0.1) is 5.92 Å². The summed E-state index contributed by atoms with van der Waals surface area (Å²) in [7, 11) is 0. The zero-order chi connectivity index (χ0) is 11.2. The van der Waals surface area contributed by atoms with Gasteiger partial charge in [-0.25, -0.2) is 0 Å². The van der Waals surface area contributed by atoms with E-state index in [0.717, 1.165) is 18.5 Å². The Balaban J connectivity index is 1.88. The van der Waals surface area contributed by atoms with Crippen LogP contribution in [-0.2, 0) is 6.42 Å². The Morgan fingerprint density at radius 3 is 3.12 bits per heavy atom. The van der Waals surface area contributed by atoms with E-state index >= 15 is 0 Å². The van der Waals surface area contributed by atoms with Crippen LogP contribution < -0.4 is 5.32 Å². The molecule has 2 rings (SSSR count). The topological polar surface area (TPSA) is 24.9 Å². The third kappa shape index (κ3) is 3.05. The van der Waals surface area contributed by atoms with Crippen LogP contribution >= 0.6 is 0 Å². The Morgan fingerprint density at radius 1 is 1.44 bits per heavy atom. The van der Waals surface area contributed by atoms with Gasteiger partial charge >= 0.3 is 0 Å². The van der Waals surface area contributed by atoms with Crippen LogP contribution in [-0.4, -0.2) is 17.6 Å². The van der Waals surface area contributed by atoms with Gasteiger partial charge in [-0.2, -0.15) is 0 Å². The van der Waals surface area contributed by atoms with Crippen LogP contribution in [0.4, 0.5) is 0 Å². The fraction of sp³-hybridized carbons (Fsp3) is 0.643. The first-order chi connectivity index (χ1) is 7.90. The van der Waals surface area contributed by atoms with E-state index in [2.05, 4.69) is 23.3 Å². The van der Waals surface area contributed by atoms with Gasteiger partial charge in [-0.05, 0) is 49.8 Å². The number of hydrogen-bond acceptors (Lipinski definition) is 2. The maximum Gasteiger partial charge on any atom is 0.0299 e. The van der Waals surface area contributed by atoms with Crippen LogP contribution in [0.1, 0.15) is 38.2 Å². The summed E-state index contributed by atoms with van der Waals surface area (Å²) in [5, 5.41) is 3.68. The normalized spacial score (nSPS) is 24.8. The molecule has 1 aromatic rings. The van der Waals surface area contributed by atoms with Crippen LogP contribution in [0.15, 0.2) is 24.5 Å². The molecule has 0 radical (unpaired) electrons. The maximum atomic E-state index is 4.19. The molecular formula is C14H22N2. The standard InChI is InChI=1S/C14H22N2/c1-2-8-16-14-7-3-6-13(14)10-12-5-4-9-15-11-12/h4-5,9,11,13-14,16H,2-3,6-8,10H2,1H3. The molecule has 1 aromatic heterocycles. The lowest BCUT2D eigenvalue weighted by atomic mass is 9.95. The zero-order valence-electron chi connectivity index (χ0n) is 10.2. The number of aromatic nitrogens is 1. The average Bonchev–Trinajstić information content (AvgIpc) is 2.75. The summed E-state index contributed by atoms with van der Waals surface area (Å²) >= 11 is 0. The van der Waals surface area contributed by atoms with Gasteiger partial charge in [0.2, 0.25) is 0 Å². The fourth-order valence-electron chi connectivity index (χ4n) is 2.70. The molecule has 2 atom stereocenters. The molecule has 0 amide bonds. The largest absolute Gasteiger partial charge is 0.314 e. The Bertz CT molecular complexity index is 297. The highest BCUT2D eigenvalue weighted by atomic mass is 14.9. The van der Waals surface area contributed by atoms with Crippen molar-refractivity contribution in [2.75, 3.05) is 6.54 Å². The molecule has 16 heavy (non-hydrogen) atoms. The van der Waals surface area contributed by atoms with Crippen molar-refractivity contribution < 1.29 is 0 Å². The van der Waals surface area contributed by atoms with Crippen molar-refractivity contribution in [2.45, 2.75) is 45.1 Å². The molecule has 1 aliphatic rings. The Morgan fingerprint density at radius 2 is 2.38 bits per heavy atom. The minimum atomic E-state index is 0.736. The van der Waals surface area contributed by atoms with Gasteiger partial charge in [0.25, 0.3) is 0 Å². The SMILES string of the molecule is CCCNC1CCCC1Cc1cccnc1. The highest BCUT2D eigenvalue weighted by molar-refractivity contribution is 5.10. The molecule has 0 spiro atoms. The second-order valence-electron chi connectivity index (χ2n) is 4.82. The smallest absolute Gasteiger partial charge is 0.0299 e. The minimum absolute atomic E-state index is 0.736. The summed E-state index contributed by atoms with van der Waals surface area (Å²) in [6, 6.07) is 4.97. The van der Waals surface area contributed by atoms with Crippen LogP contribution in [0.3, 0.4) is 0 Å². The van der Waals surface area contributed by atoms with Gasteiger partial charge in [0, 0.05) is 18.4 Å². The first kappa shape index (κ1) is 11.6. The maximum absolute atomic E-state index is 4.19. The summed E-state index contributed by atoms with van der Waals surface area (Å²) in [5.74, 6) is 0.816. The molecule has 2 nitrogen and oxygen atoms in total. The van der Waals surface area contributed by atoms with Gasteiger partial charge in [-0.1, -0.05) is 19.4 Å². The van der Waals surface area contributed by atoms with Gasteiger partial charge in [0.05, 0.1) is 0 Å². The lowest BCUT2D eigenvalue weighted by Gasteiger charge is -2.20. The van der Waals surface area contributed by atoms with Crippen LogP contribution in [0.5, 0.6) is 0 Å². The van der Waals surface area contributed by atoms with Crippen molar-refractivity contribution in [3.05, 3.63) is 30.1 Å². The Kier molecular flexibility index (Phi) is 4.34. The van der Waals surface area contributed by atoms with E-state index < -0.39 is 0 Å². The van der Waals surface area contributed by atoms with E-state index in [1.54, 1.807) is 0 Å². The summed E-state index contributed by atoms with van der Waals surface area (Å²) in [6.45, 7) is 3.40. The average molecular weight is 218 g/mol. The predicted octanol–water partition coefficient (Wildman–Crippen LogP) is 2.79. The van der Waals surface area contributed by atoms with Gasteiger partial charge in [-0.15, -0.1) is 0 Å². The van der Waals surface area contributed by atoms with Gasteiger partial charge < -0.3 is 5.32 Å². The molecule has 88 valence electrons. The third-order valence-corrected chi connectivity index (χ3v) is 3.54. The van der Waals surface area contributed by atoms with Gasteiger partial charge in [-0.3, -0.25) is 4.98 Å². The minimum Gasteiger partial charge on any atom is -0.314 e. The van der Waals surface area contributed by atoms with E-state index in [-0.39, 0.29) is 0 Å². The van der Waals surface area contributed by atoms with Crippen molar-refractivity contribution in [2.24, 2.45) is 5.92 Å². The molecule has 1 N–H and O–H groups in total. The van der Waals surface area contributed by atoms with Crippen LogP contribution in [0.25, 0.3) is 0 Å².